The second kappa shape index (κ2) is 10.8. The van der Waals surface area contributed by atoms with E-state index in [4.69, 9.17) is 9.47 Å². The van der Waals surface area contributed by atoms with Gasteiger partial charge in [-0.2, -0.15) is 0 Å². The Morgan fingerprint density at radius 1 is 1.04 bits per heavy atom. The largest absolute Gasteiger partial charge is 0.506 e. The number of carbonyl (C=O) groups is 2. The van der Waals surface area contributed by atoms with Crippen LogP contribution in [0.3, 0.4) is 0 Å². The fraction of sp³-hybridized carbons (Fsp3) is 0.222. The maximum Gasteiger partial charge on any atom is 0.328 e. The molecule has 0 saturated heterocycles. The zero-order chi connectivity index (χ0) is 21.0. The van der Waals surface area contributed by atoms with Crippen LogP contribution in [0.1, 0.15) is 12.5 Å². The first-order chi connectivity index (χ1) is 13.1. The molecule has 0 aliphatic heterocycles. The number of hydrogen-bond donors (Lipinski definition) is 2. The van der Waals surface area contributed by atoms with Crippen LogP contribution >= 0.6 is 90.4 Å². The average molecular weight is 833 g/mol. The second-order valence-electron chi connectivity index (χ2n) is 5.71. The predicted molar refractivity (Wildman–Crippen MR) is 139 cm³/mol. The molecule has 10 heteroatoms. The predicted octanol–water partition coefficient (Wildman–Crippen LogP) is 4.82. The van der Waals surface area contributed by atoms with Gasteiger partial charge in [0.05, 0.1) is 21.4 Å². The molecular formula is C18H15I4NO5. The summed E-state index contributed by atoms with van der Waals surface area (Å²) in [5, 5.41) is 12.5. The summed E-state index contributed by atoms with van der Waals surface area (Å²) in [6, 6.07) is 6.60. The minimum absolute atomic E-state index is 0.236. The summed E-state index contributed by atoms with van der Waals surface area (Å²) in [7, 11) is 1.29. The quantitative estimate of drug-likeness (QED) is 0.323. The van der Waals surface area contributed by atoms with Crippen molar-refractivity contribution < 1.29 is 24.2 Å². The van der Waals surface area contributed by atoms with E-state index < -0.39 is 12.0 Å². The van der Waals surface area contributed by atoms with Gasteiger partial charge in [0.15, 0.2) is 5.75 Å². The molecule has 0 saturated carbocycles. The first-order valence-corrected chi connectivity index (χ1v) is 12.1. The summed E-state index contributed by atoms with van der Waals surface area (Å²) >= 11 is 8.46. The summed E-state index contributed by atoms with van der Waals surface area (Å²) in [5.41, 5.74) is 0.875. The third kappa shape index (κ3) is 6.45. The Kier molecular flexibility index (Phi) is 9.31. The lowest BCUT2D eigenvalue weighted by Crippen LogP contribution is -2.42. The van der Waals surface area contributed by atoms with Crippen molar-refractivity contribution in [2.75, 3.05) is 7.11 Å². The highest BCUT2D eigenvalue weighted by Crippen LogP contribution is 2.37. The van der Waals surface area contributed by atoms with Crippen molar-refractivity contribution in [3.8, 4) is 17.2 Å². The summed E-state index contributed by atoms with van der Waals surface area (Å²) in [4.78, 5) is 23.3. The maximum absolute atomic E-state index is 11.9. The number of esters is 1. The van der Waals surface area contributed by atoms with Gasteiger partial charge in [0.2, 0.25) is 5.91 Å². The monoisotopic (exact) mass is 833 g/mol. The Labute approximate surface area is 217 Å². The lowest BCUT2D eigenvalue weighted by Gasteiger charge is -2.17. The van der Waals surface area contributed by atoms with Gasteiger partial charge in [-0.3, -0.25) is 4.79 Å². The fourth-order valence-electron chi connectivity index (χ4n) is 2.36. The number of carbonyl (C=O) groups excluding carboxylic acids is 2. The highest BCUT2D eigenvalue weighted by atomic mass is 127. The third-order valence-electron chi connectivity index (χ3n) is 3.57. The number of aromatic hydroxyl groups is 1. The van der Waals surface area contributed by atoms with Crippen molar-refractivity contribution in [2.45, 2.75) is 19.4 Å². The molecule has 0 bridgehead atoms. The van der Waals surface area contributed by atoms with E-state index in [9.17, 15) is 14.7 Å². The Morgan fingerprint density at radius 2 is 1.57 bits per heavy atom. The topological polar surface area (TPSA) is 84.9 Å². The molecule has 0 aromatic heterocycles. The Morgan fingerprint density at radius 3 is 2.04 bits per heavy atom. The van der Waals surface area contributed by atoms with Crippen LogP contribution in [0.15, 0.2) is 24.3 Å². The molecule has 0 spiro atoms. The van der Waals surface area contributed by atoms with Crippen LogP contribution in [-0.4, -0.2) is 30.1 Å². The van der Waals surface area contributed by atoms with Gasteiger partial charge in [0.25, 0.3) is 0 Å². The molecule has 2 N–H and O–H groups in total. The molecule has 0 fully saturated rings. The van der Waals surface area contributed by atoms with E-state index >= 15 is 0 Å². The normalized spacial score (nSPS) is 11.6. The number of phenols is 1. The molecular weight excluding hydrogens is 818 g/mol. The number of hydrogen-bond acceptors (Lipinski definition) is 5. The molecule has 1 atom stereocenters. The molecule has 1 amide bonds. The van der Waals surface area contributed by atoms with Gasteiger partial charge >= 0.3 is 5.97 Å². The standard InChI is InChI=1S/C18H15I4NO5/c1-8(24)23-15(18(26)27-2)5-9-3-13(21)17(14(22)4-9)28-10-6-11(19)16(25)12(20)7-10/h3-4,6-7,15,25H,5H2,1-2H3,(H,23,24). The van der Waals surface area contributed by atoms with E-state index in [1.54, 1.807) is 12.1 Å². The number of rotatable bonds is 6. The van der Waals surface area contributed by atoms with E-state index in [0.717, 1.165) is 12.7 Å². The van der Waals surface area contributed by atoms with Gasteiger partial charge in [-0.25, -0.2) is 4.79 Å². The average Bonchev–Trinajstić information content (AvgIpc) is 2.61. The minimum Gasteiger partial charge on any atom is -0.506 e. The van der Waals surface area contributed by atoms with Crippen molar-refractivity contribution in [1.82, 2.24) is 5.32 Å². The smallest absolute Gasteiger partial charge is 0.328 e. The Balaban J connectivity index is 2.29. The number of methoxy groups -OCH3 is 1. The van der Waals surface area contributed by atoms with Crippen molar-refractivity contribution in [1.29, 1.82) is 0 Å². The Bertz CT molecular complexity index is 873. The van der Waals surface area contributed by atoms with Gasteiger partial charge < -0.3 is 19.9 Å². The van der Waals surface area contributed by atoms with Crippen LogP contribution in [0, 0.1) is 14.3 Å². The van der Waals surface area contributed by atoms with Crippen molar-refractivity contribution in [3.05, 3.63) is 44.1 Å². The molecule has 0 heterocycles. The van der Waals surface area contributed by atoms with Gasteiger partial charge in [-0.05, 0) is 120 Å². The summed E-state index contributed by atoms with van der Waals surface area (Å²) in [6.45, 7) is 1.36. The van der Waals surface area contributed by atoms with E-state index in [-0.39, 0.29) is 11.7 Å². The van der Waals surface area contributed by atoms with Crippen LogP contribution in [0.4, 0.5) is 0 Å². The van der Waals surface area contributed by atoms with Gasteiger partial charge in [-0.15, -0.1) is 0 Å². The van der Waals surface area contributed by atoms with Crippen molar-refractivity contribution in [2.24, 2.45) is 0 Å². The van der Waals surface area contributed by atoms with E-state index in [1.807, 2.05) is 12.1 Å². The molecule has 150 valence electrons. The van der Waals surface area contributed by atoms with Gasteiger partial charge in [0.1, 0.15) is 17.5 Å². The molecule has 6 nitrogen and oxygen atoms in total. The van der Waals surface area contributed by atoms with Crippen molar-refractivity contribution in [3.63, 3.8) is 0 Å². The van der Waals surface area contributed by atoms with Gasteiger partial charge in [-0.1, -0.05) is 0 Å². The van der Waals surface area contributed by atoms with Crippen LogP contribution < -0.4 is 10.1 Å². The third-order valence-corrected chi connectivity index (χ3v) is 6.82. The van der Waals surface area contributed by atoms with Crippen molar-refractivity contribution >= 4 is 102 Å². The zero-order valence-electron chi connectivity index (χ0n) is 14.7. The van der Waals surface area contributed by atoms with Crippen LogP contribution in [0.25, 0.3) is 0 Å². The minimum atomic E-state index is -0.749. The summed E-state index contributed by atoms with van der Waals surface area (Å²) in [6.07, 6.45) is 0.313. The lowest BCUT2D eigenvalue weighted by atomic mass is 10.1. The summed E-state index contributed by atoms with van der Waals surface area (Å²) < 4.78 is 14.0. The number of phenolic OH excluding ortho intramolecular Hbond substituents is 1. The number of nitrogens with one attached hydrogen (secondary N) is 1. The first-order valence-electron chi connectivity index (χ1n) is 7.81. The van der Waals surface area contributed by atoms with Gasteiger partial charge in [0, 0.05) is 13.3 Å². The lowest BCUT2D eigenvalue weighted by molar-refractivity contribution is -0.144. The first kappa shape index (κ1) is 24.2. The molecule has 0 aliphatic rings. The highest BCUT2D eigenvalue weighted by molar-refractivity contribution is 14.1. The van der Waals surface area contributed by atoms with Crippen LogP contribution in [0.2, 0.25) is 0 Å². The van der Waals surface area contributed by atoms with E-state index in [1.165, 1.54) is 14.0 Å². The molecule has 2 rings (SSSR count). The fourth-order valence-corrected chi connectivity index (χ4v) is 6.19. The molecule has 0 radical (unpaired) electrons. The zero-order valence-corrected chi connectivity index (χ0v) is 23.3. The highest BCUT2D eigenvalue weighted by Gasteiger charge is 2.22. The van der Waals surface area contributed by atoms with E-state index in [0.29, 0.717) is 25.1 Å². The summed E-state index contributed by atoms with van der Waals surface area (Å²) in [5.74, 6) is 0.766. The number of ether oxygens (including phenoxy) is 2. The maximum atomic E-state index is 11.9. The van der Waals surface area contributed by atoms with E-state index in [2.05, 4.69) is 95.7 Å². The SMILES string of the molecule is COC(=O)C(Cc1cc(I)c(Oc2cc(I)c(O)c(I)c2)c(I)c1)NC(C)=O. The second-order valence-corrected chi connectivity index (χ2v) is 10.4. The van der Waals surface area contributed by atoms with Crippen LogP contribution in [-0.2, 0) is 20.7 Å². The van der Waals surface area contributed by atoms with Crippen LogP contribution in [0.5, 0.6) is 17.2 Å². The number of benzene rings is 2. The molecule has 0 aliphatic carbocycles. The molecule has 28 heavy (non-hydrogen) atoms. The molecule has 2 aromatic rings. The molecule has 1 unspecified atom stereocenters. The number of amides is 1. The molecule has 2 aromatic carbocycles. The number of halogens is 4. The Hall–Kier alpha value is -0.100.